The van der Waals surface area contributed by atoms with E-state index in [9.17, 15) is 20.2 Å². The number of nitrogens with one attached hydrogen (secondary N) is 1. The number of isothiocyanates is 1. The lowest BCUT2D eigenvalue weighted by Gasteiger charge is -2.36. The summed E-state index contributed by atoms with van der Waals surface area (Å²) in [7, 11) is 5.22. The molecule has 20 heteroatoms. The lowest BCUT2D eigenvalue weighted by atomic mass is 10.2. The van der Waals surface area contributed by atoms with Gasteiger partial charge < -0.3 is 44.9 Å². The number of anilines is 5. The summed E-state index contributed by atoms with van der Waals surface area (Å²) >= 11 is 4.60. The first kappa shape index (κ1) is 55.1. The maximum absolute atomic E-state index is 10.6. The van der Waals surface area contributed by atoms with Crippen LogP contribution < -0.4 is 30.7 Å². The average Bonchev–Trinajstić information content (AvgIpc) is 3.41. The predicted molar refractivity (Wildman–Crippen MR) is 285 cm³/mol. The van der Waals surface area contributed by atoms with Gasteiger partial charge in [0.25, 0.3) is 11.4 Å². The fourth-order valence-electron chi connectivity index (χ4n) is 8.32. The average molecular weight is 985 g/mol. The molecule has 0 bridgehead atoms. The minimum Gasteiger partial charge on any atom is -0.399 e. The molecular formula is C50H72N12O7S. The number of methoxy groups -OCH3 is 3. The predicted octanol–water partition coefficient (Wildman–Crippen LogP) is 5.59. The van der Waals surface area contributed by atoms with E-state index in [0.29, 0.717) is 0 Å². The molecule has 0 aromatic heterocycles. The van der Waals surface area contributed by atoms with Crippen LogP contribution in [0.1, 0.15) is 0 Å². The van der Waals surface area contributed by atoms with E-state index in [0.717, 1.165) is 167 Å². The molecule has 19 nitrogen and oxygen atoms in total. The van der Waals surface area contributed by atoms with Crippen LogP contribution in [0, 0.1) is 20.2 Å². The Bertz CT molecular complexity index is 2070. The molecule has 70 heavy (non-hydrogen) atoms. The number of rotatable bonds is 16. The molecule has 4 saturated heterocycles. The summed E-state index contributed by atoms with van der Waals surface area (Å²) in [5.74, 6) is 0. The van der Waals surface area contributed by atoms with Gasteiger partial charge in [-0.2, -0.15) is 4.99 Å². The molecule has 4 fully saturated rings. The number of thiocarbonyl (C=S) groups is 1. The van der Waals surface area contributed by atoms with E-state index in [-0.39, 0.29) is 21.2 Å². The molecule has 4 heterocycles. The first-order chi connectivity index (χ1) is 34.1. The van der Waals surface area contributed by atoms with Crippen molar-refractivity contribution in [1.82, 2.24) is 20.0 Å². The molecule has 0 amide bonds. The number of ether oxygens (including phenoxy) is 3. The van der Waals surface area contributed by atoms with Crippen molar-refractivity contribution < 1.29 is 24.1 Å². The molecule has 4 aromatic carbocycles. The zero-order valence-electron chi connectivity index (χ0n) is 41.1. The number of benzene rings is 4. The van der Waals surface area contributed by atoms with Gasteiger partial charge in [0, 0.05) is 198 Å². The lowest BCUT2D eigenvalue weighted by Crippen LogP contribution is -2.47. The van der Waals surface area contributed by atoms with E-state index in [4.69, 9.17) is 19.9 Å². The number of nitrogens with two attached hydrogens (primary N) is 1. The van der Waals surface area contributed by atoms with Gasteiger partial charge in [-0.1, -0.05) is 0 Å². The number of nitro benzene ring substituents is 2. The van der Waals surface area contributed by atoms with E-state index < -0.39 is 0 Å². The maximum atomic E-state index is 10.6. The number of aliphatic imine (C=N–C) groups is 1. The summed E-state index contributed by atoms with van der Waals surface area (Å²) in [6, 6.07) is 29.8. The van der Waals surface area contributed by atoms with Crippen molar-refractivity contribution in [3.05, 3.63) is 117 Å². The van der Waals surface area contributed by atoms with Crippen LogP contribution in [-0.2, 0) is 14.2 Å². The summed E-state index contributed by atoms with van der Waals surface area (Å²) < 4.78 is 15.3. The Labute approximate surface area is 418 Å². The number of nitro groups is 2. The van der Waals surface area contributed by atoms with Crippen molar-refractivity contribution in [3.8, 4) is 0 Å². The Morgan fingerprint density at radius 1 is 0.514 bits per heavy atom. The number of hydrogen-bond acceptors (Lipinski definition) is 18. The van der Waals surface area contributed by atoms with Crippen LogP contribution in [0.15, 0.2) is 102 Å². The smallest absolute Gasteiger partial charge is 0.269 e. The van der Waals surface area contributed by atoms with Gasteiger partial charge in [0.2, 0.25) is 0 Å². The molecule has 3 N–H and O–H groups in total. The number of hydrogen-bond donors (Lipinski definition) is 2. The molecule has 4 aromatic rings. The summed E-state index contributed by atoms with van der Waals surface area (Å²) in [6.07, 6.45) is 0. The molecule has 8 rings (SSSR count). The van der Waals surface area contributed by atoms with Crippen molar-refractivity contribution in [2.75, 3.05) is 191 Å². The van der Waals surface area contributed by atoms with Gasteiger partial charge in [-0.25, -0.2) is 0 Å². The minimum atomic E-state index is -0.373. The Kier molecular flexibility index (Phi) is 24.2. The van der Waals surface area contributed by atoms with E-state index >= 15 is 0 Å². The van der Waals surface area contributed by atoms with Crippen LogP contribution in [-0.4, -0.2) is 195 Å². The fourth-order valence-corrected chi connectivity index (χ4v) is 8.42. The third-order valence-corrected chi connectivity index (χ3v) is 12.7. The topological polar surface area (TPSA) is 187 Å². The zero-order valence-corrected chi connectivity index (χ0v) is 41.9. The second-order valence-corrected chi connectivity index (χ2v) is 17.2. The van der Waals surface area contributed by atoms with E-state index in [1.165, 1.54) is 11.4 Å². The number of nitrogens with zero attached hydrogens (tertiary/aromatic N) is 10. The number of non-ortho nitro benzene ring substituents is 2. The zero-order chi connectivity index (χ0) is 49.9. The van der Waals surface area contributed by atoms with Gasteiger partial charge in [0.15, 0.2) is 0 Å². The van der Waals surface area contributed by atoms with Crippen LogP contribution in [0.2, 0.25) is 0 Å². The molecule has 0 aliphatic carbocycles. The van der Waals surface area contributed by atoms with E-state index in [1.807, 2.05) is 48.5 Å². The highest BCUT2D eigenvalue weighted by atomic mass is 32.1. The molecule has 4 aliphatic rings. The third kappa shape index (κ3) is 18.8. The molecule has 380 valence electrons. The second kappa shape index (κ2) is 30.7. The standard InChI is InChI=1S/C14H19N3OS.C13H19N3O3.C13H21N3O.C10H13N3O2/c1-18-11-10-16-6-8-17(9-7-16)14-4-2-13(3-5-14)15-12-19;1-19-11-10-14-6-8-15(9-7-14)12-2-4-13(5-3-12)16(17)18;1-17-11-10-15-6-8-16(9-7-15)13-4-2-12(14)3-5-13;14-13(15)10-3-1-9(2-4-10)12-7-5-11-6-8-12/h2*2-5H,6-11H2,1H3;2-5H,6-11,14H2,1H3;1-4,11H,5-8H2. The number of nitrogen functional groups attached to an aromatic ring is 1. The van der Waals surface area contributed by atoms with Crippen molar-refractivity contribution in [2.45, 2.75) is 0 Å². The molecule has 4 aliphatic heterocycles. The van der Waals surface area contributed by atoms with Crippen molar-refractivity contribution in [1.29, 1.82) is 0 Å². The van der Waals surface area contributed by atoms with Gasteiger partial charge in [-0.3, -0.25) is 34.9 Å². The van der Waals surface area contributed by atoms with E-state index in [1.54, 1.807) is 45.6 Å². The van der Waals surface area contributed by atoms with Gasteiger partial charge in [-0.05, 0) is 85.0 Å². The monoisotopic (exact) mass is 985 g/mol. The van der Waals surface area contributed by atoms with Crippen molar-refractivity contribution in [3.63, 3.8) is 0 Å². The third-order valence-electron chi connectivity index (χ3n) is 12.6. The fraction of sp³-hybridized carbons (Fsp3) is 0.500. The van der Waals surface area contributed by atoms with Crippen LogP contribution in [0.25, 0.3) is 0 Å². The minimum absolute atomic E-state index is 0.141. The highest BCUT2D eigenvalue weighted by Gasteiger charge is 2.20. The Morgan fingerprint density at radius 2 is 0.814 bits per heavy atom. The van der Waals surface area contributed by atoms with Gasteiger partial charge in [0.1, 0.15) is 0 Å². The number of piperazine rings is 4. The first-order valence-corrected chi connectivity index (χ1v) is 24.4. The summed E-state index contributed by atoms with van der Waals surface area (Å²) in [6.45, 7) is 21.8. The Hall–Kier alpha value is -5.80. The van der Waals surface area contributed by atoms with Crippen LogP contribution in [0.3, 0.4) is 0 Å². The highest BCUT2D eigenvalue weighted by molar-refractivity contribution is 7.78. The molecule has 0 unspecified atom stereocenters. The summed E-state index contributed by atoms with van der Waals surface area (Å²) in [5.41, 5.74) is 12.3. The van der Waals surface area contributed by atoms with Gasteiger partial charge in [0.05, 0.1) is 40.5 Å². The van der Waals surface area contributed by atoms with Crippen LogP contribution in [0.4, 0.5) is 45.5 Å². The molecule has 0 atom stereocenters. The Morgan fingerprint density at radius 3 is 1.11 bits per heavy atom. The van der Waals surface area contributed by atoms with E-state index in [2.05, 4.69) is 86.3 Å². The summed E-state index contributed by atoms with van der Waals surface area (Å²) in [5, 5.41) is 26.7. The van der Waals surface area contributed by atoms with Crippen LogP contribution in [0.5, 0.6) is 0 Å². The maximum Gasteiger partial charge on any atom is 0.269 e. The second-order valence-electron chi connectivity index (χ2n) is 17.1. The molecule has 0 saturated carbocycles. The quantitative estimate of drug-likeness (QED) is 0.0465. The Balaban J connectivity index is 0.000000174. The SMILES string of the molecule is COCCN1CCN(c2ccc(N)cc2)CC1.COCCN1CCN(c2ccc(N=C=S)cc2)CC1.COCCN1CCN(c2ccc([N+](=O)[O-])cc2)CC1.O=[N+]([O-])c1ccc(N2CCNCC2)cc1. The highest BCUT2D eigenvalue weighted by Crippen LogP contribution is 2.23. The summed E-state index contributed by atoms with van der Waals surface area (Å²) in [4.78, 5) is 40.8. The van der Waals surface area contributed by atoms with Crippen molar-refractivity contribution in [2.24, 2.45) is 4.99 Å². The lowest BCUT2D eigenvalue weighted by molar-refractivity contribution is -0.385. The van der Waals surface area contributed by atoms with Crippen molar-refractivity contribution >= 4 is 62.9 Å². The van der Waals surface area contributed by atoms with Gasteiger partial charge in [-0.15, -0.1) is 0 Å². The molecule has 0 spiro atoms. The van der Waals surface area contributed by atoms with Crippen LogP contribution >= 0.6 is 12.2 Å². The largest absolute Gasteiger partial charge is 0.399 e. The van der Waals surface area contributed by atoms with Gasteiger partial charge >= 0.3 is 0 Å². The molecular weight excluding hydrogens is 913 g/mol. The molecule has 0 radical (unpaired) electrons. The normalized spacial score (nSPS) is 16.6. The first-order valence-electron chi connectivity index (χ1n) is 24.0.